The van der Waals surface area contributed by atoms with Gasteiger partial charge in [0.25, 0.3) is 0 Å². The molecule has 0 radical (unpaired) electrons. The van der Waals surface area contributed by atoms with Crippen LogP contribution in [-0.2, 0) is 11.2 Å². The number of rotatable bonds is 8. The molecule has 0 unspecified atom stereocenters. The number of benzene rings is 1. The molecule has 1 aromatic carbocycles. The molecular formula is C21H31FN4O. The second kappa shape index (κ2) is 9.22. The van der Waals surface area contributed by atoms with E-state index in [1.165, 1.54) is 43.4 Å². The predicted octanol–water partition coefficient (Wildman–Crippen LogP) is 3.61. The molecule has 0 amide bonds. The number of aromatic nitrogens is 1. The van der Waals surface area contributed by atoms with Crippen molar-refractivity contribution in [3.63, 3.8) is 0 Å². The smallest absolute Gasteiger partial charge is 0.191 e. The van der Waals surface area contributed by atoms with Gasteiger partial charge in [-0.15, -0.1) is 0 Å². The molecule has 1 aliphatic carbocycles. The number of aliphatic imine (C=N–C) groups is 1. The van der Waals surface area contributed by atoms with Crippen LogP contribution in [0.1, 0.15) is 37.7 Å². The number of H-pyrrole nitrogens is 1. The minimum atomic E-state index is -0.215. The normalized spacial score (nSPS) is 16.8. The fourth-order valence-corrected chi connectivity index (χ4v) is 4.13. The standard InChI is InChI=1S/C21H31FN4O/c1-23-20(26-15-21(10-12-27-2)8-3-4-9-21)24-11-7-16-14-25-19-13-17(22)5-6-18(16)19/h5-6,13-14,25H,3-4,7-12,15H2,1-2H3,(H2,23,24,26). The topological polar surface area (TPSA) is 61.4 Å². The Morgan fingerprint density at radius 1 is 1.30 bits per heavy atom. The number of halogens is 1. The lowest BCUT2D eigenvalue weighted by molar-refractivity contribution is 0.138. The molecule has 0 bridgehead atoms. The minimum absolute atomic E-state index is 0.215. The van der Waals surface area contributed by atoms with E-state index in [0.29, 0.717) is 5.41 Å². The molecule has 0 atom stereocenters. The maximum atomic E-state index is 13.3. The van der Waals surface area contributed by atoms with Crippen LogP contribution < -0.4 is 10.6 Å². The molecule has 2 aromatic rings. The molecule has 148 valence electrons. The average molecular weight is 375 g/mol. The van der Waals surface area contributed by atoms with E-state index >= 15 is 0 Å². The highest BCUT2D eigenvalue weighted by atomic mass is 19.1. The van der Waals surface area contributed by atoms with E-state index in [9.17, 15) is 4.39 Å². The number of guanidine groups is 1. The number of hydrogen-bond acceptors (Lipinski definition) is 2. The van der Waals surface area contributed by atoms with Crippen LogP contribution in [0.4, 0.5) is 4.39 Å². The van der Waals surface area contributed by atoms with E-state index in [-0.39, 0.29) is 5.82 Å². The molecule has 6 heteroatoms. The highest BCUT2D eigenvalue weighted by Gasteiger charge is 2.33. The van der Waals surface area contributed by atoms with Crippen molar-refractivity contribution in [3.8, 4) is 0 Å². The predicted molar refractivity (Wildman–Crippen MR) is 109 cm³/mol. The maximum Gasteiger partial charge on any atom is 0.191 e. The van der Waals surface area contributed by atoms with Crippen LogP contribution in [0, 0.1) is 11.2 Å². The molecule has 3 rings (SSSR count). The lowest BCUT2D eigenvalue weighted by Crippen LogP contribution is -2.43. The van der Waals surface area contributed by atoms with E-state index in [1.807, 2.05) is 12.3 Å². The molecule has 1 saturated carbocycles. The zero-order valence-corrected chi connectivity index (χ0v) is 16.4. The second-order valence-corrected chi connectivity index (χ2v) is 7.56. The first-order valence-electron chi connectivity index (χ1n) is 9.85. The number of fused-ring (bicyclic) bond motifs is 1. The zero-order valence-electron chi connectivity index (χ0n) is 16.4. The number of ether oxygens (including phenoxy) is 1. The quantitative estimate of drug-likeness (QED) is 0.489. The highest BCUT2D eigenvalue weighted by molar-refractivity contribution is 5.83. The van der Waals surface area contributed by atoms with Crippen LogP contribution in [0.25, 0.3) is 10.9 Å². The largest absolute Gasteiger partial charge is 0.385 e. The van der Waals surface area contributed by atoms with Gasteiger partial charge in [0.15, 0.2) is 5.96 Å². The number of methoxy groups -OCH3 is 1. The van der Waals surface area contributed by atoms with Crippen molar-refractivity contribution in [3.05, 3.63) is 35.8 Å². The third-order valence-electron chi connectivity index (χ3n) is 5.77. The van der Waals surface area contributed by atoms with Gasteiger partial charge in [-0.3, -0.25) is 4.99 Å². The van der Waals surface area contributed by atoms with Crippen molar-refractivity contribution in [2.75, 3.05) is 33.9 Å². The van der Waals surface area contributed by atoms with Crippen LogP contribution >= 0.6 is 0 Å². The van der Waals surface area contributed by atoms with E-state index in [0.717, 1.165) is 49.4 Å². The van der Waals surface area contributed by atoms with Gasteiger partial charge in [0.05, 0.1) is 0 Å². The van der Waals surface area contributed by atoms with Crippen LogP contribution in [0.5, 0.6) is 0 Å². The van der Waals surface area contributed by atoms with Crippen LogP contribution in [0.15, 0.2) is 29.4 Å². The summed E-state index contributed by atoms with van der Waals surface area (Å²) in [6, 6.07) is 4.88. The summed E-state index contributed by atoms with van der Waals surface area (Å²) in [6.45, 7) is 2.52. The second-order valence-electron chi connectivity index (χ2n) is 7.56. The van der Waals surface area contributed by atoms with Gasteiger partial charge < -0.3 is 20.4 Å². The summed E-state index contributed by atoms with van der Waals surface area (Å²) in [7, 11) is 3.58. The summed E-state index contributed by atoms with van der Waals surface area (Å²) in [6.07, 6.45) is 9.02. The fraction of sp³-hybridized carbons (Fsp3) is 0.571. The van der Waals surface area contributed by atoms with Crippen LogP contribution in [-0.4, -0.2) is 44.8 Å². The summed E-state index contributed by atoms with van der Waals surface area (Å²) >= 11 is 0. The first-order chi connectivity index (χ1) is 13.2. The lowest BCUT2D eigenvalue weighted by Gasteiger charge is -2.30. The molecule has 0 saturated heterocycles. The minimum Gasteiger partial charge on any atom is -0.385 e. The van der Waals surface area contributed by atoms with E-state index in [2.05, 4.69) is 20.6 Å². The summed E-state index contributed by atoms with van der Waals surface area (Å²) in [5.41, 5.74) is 2.35. The molecule has 0 spiro atoms. The van der Waals surface area contributed by atoms with Crippen LogP contribution in [0.3, 0.4) is 0 Å². The van der Waals surface area contributed by atoms with E-state index < -0.39 is 0 Å². The number of hydrogen-bond donors (Lipinski definition) is 3. The van der Waals surface area contributed by atoms with Crippen molar-refractivity contribution in [2.24, 2.45) is 10.4 Å². The van der Waals surface area contributed by atoms with Crippen LogP contribution in [0.2, 0.25) is 0 Å². The monoisotopic (exact) mass is 374 g/mol. The fourth-order valence-electron chi connectivity index (χ4n) is 4.13. The number of nitrogens with one attached hydrogen (secondary N) is 3. The van der Waals surface area contributed by atoms with Crippen molar-refractivity contribution < 1.29 is 9.13 Å². The Labute approximate surface area is 160 Å². The average Bonchev–Trinajstić information content (AvgIpc) is 3.30. The Balaban J connectivity index is 1.50. The molecule has 1 aliphatic rings. The third kappa shape index (κ3) is 5.01. The zero-order chi connectivity index (χ0) is 19.1. The summed E-state index contributed by atoms with van der Waals surface area (Å²) in [4.78, 5) is 7.50. The third-order valence-corrected chi connectivity index (χ3v) is 5.77. The van der Waals surface area contributed by atoms with Gasteiger partial charge in [-0.1, -0.05) is 12.8 Å². The molecular weight excluding hydrogens is 343 g/mol. The Morgan fingerprint density at radius 2 is 2.11 bits per heavy atom. The Bertz CT molecular complexity index is 765. The van der Waals surface area contributed by atoms with Crippen molar-refractivity contribution in [1.82, 2.24) is 15.6 Å². The molecule has 1 heterocycles. The molecule has 0 aliphatic heterocycles. The van der Waals surface area contributed by atoms with Gasteiger partial charge >= 0.3 is 0 Å². The summed E-state index contributed by atoms with van der Waals surface area (Å²) in [5, 5.41) is 7.99. The highest BCUT2D eigenvalue weighted by Crippen LogP contribution is 2.40. The summed E-state index contributed by atoms with van der Waals surface area (Å²) in [5.74, 6) is 0.623. The molecule has 27 heavy (non-hydrogen) atoms. The Kier molecular flexibility index (Phi) is 6.72. The lowest BCUT2D eigenvalue weighted by atomic mass is 9.83. The van der Waals surface area contributed by atoms with Crippen molar-refractivity contribution in [1.29, 1.82) is 0 Å². The first kappa shape index (κ1) is 19.7. The van der Waals surface area contributed by atoms with E-state index in [4.69, 9.17) is 4.74 Å². The number of aromatic amines is 1. The van der Waals surface area contributed by atoms with Crippen molar-refractivity contribution in [2.45, 2.75) is 38.5 Å². The van der Waals surface area contributed by atoms with Crippen molar-refractivity contribution >= 4 is 16.9 Å². The molecule has 5 nitrogen and oxygen atoms in total. The molecule has 1 fully saturated rings. The van der Waals surface area contributed by atoms with E-state index in [1.54, 1.807) is 14.2 Å². The van der Waals surface area contributed by atoms with Gasteiger partial charge in [0.1, 0.15) is 5.82 Å². The summed E-state index contributed by atoms with van der Waals surface area (Å²) < 4.78 is 18.6. The van der Waals surface area contributed by atoms with Gasteiger partial charge in [0.2, 0.25) is 0 Å². The van der Waals surface area contributed by atoms with Gasteiger partial charge in [0, 0.05) is 51.0 Å². The van der Waals surface area contributed by atoms with Gasteiger partial charge in [-0.05, 0) is 54.9 Å². The first-order valence-corrected chi connectivity index (χ1v) is 9.85. The maximum absolute atomic E-state index is 13.3. The van der Waals surface area contributed by atoms with Gasteiger partial charge in [-0.25, -0.2) is 4.39 Å². The number of nitrogens with zero attached hydrogens (tertiary/aromatic N) is 1. The molecule has 1 aromatic heterocycles. The van der Waals surface area contributed by atoms with Gasteiger partial charge in [-0.2, -0.15) is 0 Å². The molecule has 3 N–H and O–H groups in total. The Hall–Kier alpha value is -2.08. The Morgan fingerprint density at radius 3 is 2.85 bits per heavy atom. The SMILES string of the molecule is CN=C(NCCc1c[nH]c2cc(F)ccc12)NCC1(CCOC)CCCC1.